The number of carbonyl (C=O) groups excluding carboxylic acids is 1. The highest BCUT2D eigenvalue weighted by molar-refractivity contribution is 6.34. The maximum absolute atomic E-state index is 11.9. The SMILES string of the molecule is O=C(O)c1ccc(NC(=O)c2ccncc2O)c(Cl)c1. The molecule has 1 heterocycles. The third kappa shape index (κ3) is 2.86. The molecular weight excluding hydrogens is 284 g/mol. The number of pyridine rings is 1. The molecular formula is C13H9ClN2O4. The Balaban J connectivity index is 2.25. The second kappa shape index (κ2) is 5.58. The molecule has 0 fully saturated rings. The monoisotopic (exact) mass is 292 g/mol. The third-order valence-corrected chi connectivity index (χ3v) is 2.82. The maximum atomic E-state index is 11.9. The molecule has 1 amide bonds. The van der Waals surface area contributed by atoms with Gasteiger partial charge in [-0.25, -0.2) is 4.79 Å². The van der Waals surface area contributed by atoms with Crippen LogP contribution in [0.4, 0.5) is 5.69 Å². The minimum atomic E-state index is -1.11. The topological polar surface area (TPSA) is 99.5 Å². The van der Waals surface area contributed by atoms with Crippen LogP contribution in [0, 0.1) is 0 Å². The van der Waals surface area contributed by atoms with E-state index in [2.05, 4.69) is 10.3 Å². The summed E-state index contributed by atoms with van der Waals surface area (Å²) >= 11 is 5.89. The Morgan fingerprint density at radius 1 is 1.25 bits per heavy atom. The van der Waals surface area contributed by atoms with Gasteiger partial charge in [-0.15, -0.1) is 0 Å². The molecule has 0 unspecified atom stereocenters. The maximum Gasteiger partial charge on any atom is 0.335 e. The van der Waals surface area contributed by atoms with E-state index in [1.807, 2.05) is 0 Å². The Bertz CT molecular complexity index is 688. The number of benzene rings is 1. The van der Waals surface area contributed by atoms with E-state index in [0.29, 0.717) is 0 Å². The molecule has 1 aromatic carbocycles. The molecule has 0 atom stereocenters. The van der Waals surface area contributed by atoms with Crippen LogP contribution in [0.2, 0.25) is 5.02 Å². The average molecular weight is 293 g/mol. The van der Waals surface area contributed by atoms with Gasteiger partial charge in [0.15, 0.2) is 0 Å². The number of halogens is 1. The Labute approximate surface area is 118 Å². The molecule has 102 valence electrons. The molecule has 6 nitrogen and oxygen atoms in total. The summed E-state index contributed by atoms with van der Waals surface area (Å²) in [5, 5.41) is 20.9. The summed E-state index contributed by atoms with van der Waals surface area (Å²) < 4.78 is 0. The van der Waals surface area contributed by atoms with Gasteiger partial charge in [0, 0.05) is 6.20 Å². The van der Waals surface area contributed by atoms with Crippen LogP contribution in [0.5, 0.6) is 5.75 Å². The Morgan fingerprint density at radius 3 is 2.60 bits per heavy atom. The van der Waals surface area contributed by atoms with Crippen molar-refractivity contribution in [3.63, 3.8) is 0 Å². The van der Waals surface area contributed by atoms with E-state index >= 15 is 0 Å². The third-order valence-electron chi connectivity index (χ3n) is 2.51. The normalized spacial score (nSPS) is 10.1. The number of carboxylic acids is 1. The zero-order valence-electron chi connectivity index (χ0n) is 10.0. The van der Waals surface area contributed by atoms with Gasteiger partial charge in [-0.3, -0.25) is 9.78 Å². The number of anilines is 1. The van der Waals surface area contributed by atoms with Crippen molar-refractivity contribution in [1.29, 1.82) is 0 Å². The zero-order chi connectivity index (χ0) is 14.7. The van der Waals surface area contributed by atoms with Gasteiger partial charge in [0.2, 0.25) is 0 Å². The number of aromatic hydroxyl groups is 1. The Kier molecular flexibility index (Phi) is 3.86. The molecule has 0 radical (unpaired) electrons. The van der Waals surface area contributed by atoms with Gasteiger partial charge in [-0.2, -0.15) is 0 Å². The highest BCUT2D eigenvalue weighted by Gasteiger charge is 2.13. The average Bonchev–Trinajstić information content (AvgIpc) is 2.41. The summed E-state index contributed by atoms with van der Waals surface area (Å²) in [6.45, 7) is 0. The van der Waals surface area contributed by atoms with Crippen LogP contribution in [0.25, 0.3) is 0 Å². The molecule has 0 aliphatic heterocycles. The molecule has 1 aromatic heterocycles. The van der Waals surface area contributed by atoms with Crippen LogP contribution in [0.15, 0.2) is 36.7 Å². The number of amides is 1. The quantitative estimate of drug-likeness (QED) is 0.806. The van der Waals surface area contributed by atoms with Gasteiger partial charge >= 0.3 is 5.97 Å². The van der Waals surface area contributed by atoms with Crippen molar-refractivity contribution in [3.05, 3.63) is 52.8 Å². The molecule has 0 spiro atoms. The highest BCUT2D eigenvalue weighted by atomic mass is 35.5. The summed E-state index contributed by atoms with van der Waals surface area (Å²) in [6, 6.07) is 5.27. The highest BCUT2D eigenvalue weighted by Crippen LogP contribution is 2.24. The summed E-state index contributed by atoms with van der Waals surface area (Å²) in [4.78, 5) is 26.4. The van der Waals surface area contributed by atoms with E-state index in [0.717, 1.165) is 6.20 Å². The van der Waals surface area contributed by atoms with Crippen molar-refractivity contribution in [3.8, 4) is 5.75 Å². The fourth-order valence-corrected chi connectivity index (χ4v) is 1.75. The van der Waals surface area contributed by atoms with Crippen LogP contribution in [-0.2, 0) is 0 Å². The Hall–Kier alpha value is -2.60. The predicted octanol–water partition coefficient (Wildman–Crippen LogP) is 2.39. The van der Waals surface area contributed by atoms with Crippen LogP contribution in [-0.4, -0.2) is 27.1 Å². The molecule has 3 N–H and O–H groups in total. The molecule has 7 heteroatoms. The molecule has 0 aliphatic rings. The van der Waals surface area contributed by atoms with Crippen LogP contribution in [0.3, 0.4) is 0 Å². The standard InChI is InChI=1S/C13H9ClN2O4/c14-9-5-7(13(19)20)1-2-10(9)16-12(18)8-3-4-15-6-11(8)17/h1-6,17H,(H,16,18)(H,19,20). The van der Waals surface area contributed by atoms with Crippen molar-refractivity contribution >= 4 is 29.2 Å². The van der Waals surface area contributed by atoms with Crippen molar-refractivity contribution in [2.75, 3.05) is 5.32 Å². The van der Waals surface area contributed by atoms with E-state index in [4.69, 9.17) is 16.7 Å². The van der Waals surface area contributed by atoms with E-state index < -0.39 is 11.9 Å². The number of nitrogens with zero attached hydrogens (tertiary/aromatic N) is 1. The molecule has 0 aliphatic carbocycles. The van der Waals surface area contributed by atoms with E-state index in [-0.39, 0.29) is 27.6 Å². The first kappa shape index (κ1) is 13.8. The molecule has 2 rings (SSSR count). The summed E-state index contributed by atoms with van der Waals surface area (Å²) in [7, 11) is 0. The van der Waals surface area contributed by atoms with Gasteiger partial charge < -0.3 is 15.5 Å². The molecule has 2 aromatic rings. The lowest BCUT2D eigenvalue weighted by molar-refractivity contribution is 0.0696. The van der Waals surface area contributed by atoms with Crippen molar-refractivity contribution in [2.24, 2.45) is 0 Å². The summed E-state index contributed by atoms with van der Waals surface area (Å²) in [5.41, 5.74) is 0.302. The van der Waals surface area contributed by atoms with Crippen LogP contribution >= 0.6 is 11.6 Å². The van der Waals surface area contributed by atoms with E-state index in [1.165, 1.54) is 30.5 Å². The lowest BCUT2D eigenvalue weighted by Gasteiger charge is -2.08. The first-order chi connectivity index (χ1) is 9.49. The molecule has 20 heavy (non-hydrogen) atoms. The van der Waals surface area contributed by atoms with Crippen molar-refractivity contribution in [2.45, 2.75) is 0 Å². The van der Waals surface area contributed by atoms with Crippen molar-refractivity contribution in [1.82, 2.24) is 4.98 Å². The number of aromatic carboxylic acids is 1. The van der Waals surface area contributed by atoms with Gasteiger partial charge in [-0.05, 0) is 24.3 Å². The predicted molar refractivity (Wildman–Crippen MR) is 72.3 cm³/mol. The minimum absolute atomic E-state index is 0.0137. The van der Waals surface area contributed by atoms with Crippen LogP contribution in [0.1, 0.15) is 20.7 Å². The van der Waals surface area contributed by atoms with Crippen LogP contribution < -0.4 is 5.32 Å². The molecule has 0 saturated heterocycles. The number of aromatic nitrogens is 1. The molecule has 0 bridgehead atoms. The second-order valence-corrected chi connectivity index (χ2v) is 4.25. The first-order valence-corrected chi connectivity index (χ1v) is 5.84. The minimum Gasteiger partial charge on any atom is -0.505 e. The van der Waals surface area contributed by atoms with E-state index in [1.54, 1.807) is 0 Å². The zero-order valence-corrected chi connectivity index (χ0v) is 10.8. The van der Waals surface area contributed by atoms with Crippen molar-refractivity contribution < 1.29 is 19.8 Å². The van der Waals surface area contributed by atoms with Gasteiger partial charge in [-0.1, -0.05) is 11.6 Å². The fourth-order valence-electron chi connectivity index (χ4n) is 1.52. The van der Waals surface area contributed by atoms with Gasteiger partial charge in [0.05, 0.1) is 28.0 Å². The summed E-state index contributed by atoms with van der Waals surface area (Å²) in [6.07, 6.45) is 2.51. The fraction of sp³-hybridized carbons (Fsp3) is 0. The smallest absolute Gasteiger partial charge is 0.335 e. The Morgan fingerprint density at radius 2 is 2.00 bits per heavy atom. The molecule has 0 saturated carbocycles. The number of nitrogens with one attached hydrogen (secondary N) is 1. The number of hydrogen-bond donors (Lipinski definition) is 3. The number of carbonyl (C=O) groups is 2. The van der Waals surface area contributed by atoms with Gasteiger partial charge in [0.25, 0.3) is 5.91 Å². The second-order valence-electron chi connectivity index (χ2n) is 3.85. The van der Waals surface area contributed by atoms with Gasteiger partial charge in [0.1, 0.15) is 5.75 Å². The number of hydrogen-bond acceptors (Lipinski definition) is 4. The number of rotatable bonds is 3. The lowest BCUT2D eigenvalue weighted by atomic mass is 10.2. The van der Waals surface area contributed by atoms with E-state index in [9.17, 15) is 14.7 Å². The summed E-state index contributed by atoms with van der Waals surface area (Å²) in [5.74, 6) is -1.95. The lowest BCUT2D eigenvalue weighted by Crippen LogP contribution is -2.12. The number of carboxylic acid groups (broad SMARTS) is 1. The largest absolute Gasteiger partial charge is 0.505 e. The first-order valence-electron chi connectivity index (χ1n) is 5.46.